The van der Waals surface area contributed by atoms with Gasteiger partial charge in [0.15, 0.2) is 20.1 Å². The lowest BCUT2D eigenvalue weighted by molar-refractivity contribution is 0.102. The van der Waals surface area contributed by atoms with Gasteiger partial charge >= 0.3 is 0 Å². The van der Waals surface area contributed by atoms with Gasteiger partial charge in [0.1, 0.15) is 5.69 Å². The number of anilines is 3. The minimum absolute atomic E-state index is 0.236. The minimum Gasteiger partial charge on any atom is -0.332 e. The molecule has 0 saturated carbocycles. The molecule has 1 amide bonds. The van der Waals surface area contributed by atoms with E-state index in [1.807, 2.05) is 0 Å². The summed E-state index contributed by atoms with van der Waals surface area (Å²) in [4.78, 5) is 21.3. The first-order chi connectivity index (χ1) is 13.8. The third kappa shape index (κ3) is 4.56. The molecule has 2 N–H and O–H groups in total. The Balaban J connectivity index is 1.45. The lowest BCUT2D eigenvalue weighted by Gasteiger charge is -2.03. The van der Waals surface area contributed by atoms with Gasteiger partial charge in [-0.05, 0) is 42.5 Å². The smallest absolute Gasteiger partial charge is 0.276 e. The lowest BCUT2D eigenvalue weighted by Crippen LogP contribution is -2.12. The highest BCUT2D eigenvalue weighted by Gasteiger charge is 2.14. The predicted molar refractivity (Wildman–Crippen MR) is 118 cm³/mol. The first kappa shape index (κ1) is 19.8. The van der Waals surface area contributed by atoms with Crippen molar-refractivity contribution in [2.24, 2.45) is 0 Å². The molecule has 2 heterocycles. The number of nitrogens with zero attached hydrogens (tertiary/aromatic N) is 2. The quantitative estimate of drug-likeness (QED) is 0.439. The second-order valence-corrected chi connectivity index (χ2v) is 10.4. The Hall–Kier alpha value is -2.53. The van der Waals surface area contributed by atoms with E-state index >= 15 is 0 Å². The number of hydrogen-bond donors (Lipinski definition) is 2. The molecule has 29 heavy (non-hydrogen) atoms. The Morgan fingerprint density at radius 3 is 2.55 bits per heavy atom. The van der Waals surface area contributed by atoms with Gasteiger partial charge in [-0.15, -0.1) is 11.3 Å². The van der Waals surface area contributed by atoms with E-state index in [9.17, 15) is 13.2 Å². The number of carbonyl (C=O) groups excluding carboxylic acids is 1. The number of carbonyl (C=O) groups is 1. The largest absolute Gasteiger partial charge is 0.332 e. The van der Waals surface area contributed by atoms with Gasteiger partial charge in [-0.25, -0.2) is 18.4 Å². The molecule has 0 aliphatic heterocycles. The van der Waals surface area contributed by atoms with Crippen molar-refractivity contribution in [1.82, 2.24) is 9.97 Å². The summed E-state index contributed by atoms with van der Waals surface area (Å²) in [5.41, 5.74) is 1.68. The molecule has 0 unspecified atom stereocenters. The van der Waals surface area contributed by atoms with E-state index in [2.05, 4.69) is 20.6 Å². The number of thiazole rings is 2. The van der Waals surface area contributed by atoms with Crippen LogP contribution in [0.1, 0.15) is 10.5 Å². The van der Waals surface area contributed by atoms with Crippen molar-refractivity contribution in [3.05, 3.63) is 58.6 Å². The van der Waals surface area contributed by atoms with Crippen LogP contribution >= 0.6 is 34.3 Å². The van der Waals surface area contributed by atoms with Crippen molar-refractivity contribution in [3.63, 3.8) is 0 Å². The Labute approximate surface area is 179 Å². The fourth-order valence-electron chi connectivity index (χ4n) is 2.46. The van der Waals surface area contributed by atoms with Crippen LogP contribution in [-0.4, -0.2) is 30.5 Å². The van der Waals surface area contributed by atoms with Gasteiger partial charge in [0.25, 0.3) is 5.91 Å². The average Bonchev–Trinajstić information content (AvgIpc) is 3.27. The molecule has 2 aromatic carbocycles. The summed E-state index contributed by atoms with van der Waals surface area (Å²) in [6.07, 6.45) is 1.15. The van der Waals surface area contributed by atoms with Crippen LogP contribution in [0.5, 0.6) is 0 Å². The van der Waals surface area contributed by atoms with E-state index in [4.69, 9.17) is 11.6 Å². The molecular weight excluding hydrogens is 452 g/mol. The Morgan fingerprint density at radius 2 is 1.83 bits per heavy atom. The fraction of sp³-hybridized carbons (Fsp3) is 0.0556. The number of benzene rings is 2. The summed E-state index contributed by atoms with van der Waals surface area (Å²) in [6, 6.07) is 11.6. The number of halogens is 1. The molecule has 148 valence electrons. The maximum Gasteiger partial charge on any atom is 0.276 e. The molecule has 11 heteroatoms. The molecule has 0 spiro atoms. The van der Waals surface area contributed by atoms with E-state index in [1.54, 1.807) is 35.7 Å². The highest BCUT2D eigenvalue weighted by Crippen LogP contribution is 2.29. The summed E-state index contributed by atoms with van der Waals surface area (Å²) in [6.45, 7) is 0. The van der Waals surface area contributed by atoms with Gasteiger partial charge in [0, 0.05) is 22.3 Å². The highest BCUT2D eigenvalue weighted by molar-refractivity contribution is 7.90. The van der Waals surface area contributed by atoms with Gasteiger partial charge < -0.3 is 5.32 Å². The molecule has 2 aromatic heterocycles. The summed E-state index contributed by atoms with van der Waals surface area (Å²) < 4.78 is 23.9. The van der Waals surface area contributed by atoms with Gasteiger partial charge in [0.05, 0.1) is 15.1 Å². The molecule has 0 aliphatic rings. The molecule has 0 saturated heterocycles. The van der Waals surface area contributed by atoms with E-state index in [0.29, 0.717) is 21.0 Å². The molecular formula is C18H13ClN4O3S3. The minimum atomic E-state index is -3.25. The predicted octanol–water partition coefficient (Wildman–Crippen LogP) is 4.81. The maximum atomic E-state index is 12.5. The fourth-order valence-corrected chi connectivity index (χ4v) is 4.94. The van der Waals surface area contributed by atoms with E-state index < -0.39 is 9.84 Å². The van der Waals surface area contributed by atoms with Crippen molar-refractivity contribution in [3.8, 4) is 0 Å². The van der Waals surface area contributed by atoms with Crippen LogP contribution in [0.15, 0.2) is 52.7 Å². The summed E-state index contributed by atoms with van der Waals surface area (Å²) in [5.74, 6) is -0.369. The second-order valence-electron chi connectivity index (χ2n) is 6.04. The second kappa shape index (κ2) is 7.71. The summed E-state index contributed by atoms with van der Waals surface area (Å²) >= 11 is 8.57. The van der Waals surface area contributed by atoms with E-state index in [-0.39, 0.29) is 16.5 Å². The number of fused-ring (bicyclic) bond motifs is 1. The maximum absolute atomic E-state index is 12.5. The Kier molecular flexibility index (Phi) is 5.26. The molecule has 4 aromatic rings. The topological polar surface area (TPSA) is 101 Å². The van der Waals surface area contributed by atoms with E-state index in [0.717, 1.165) is 16.5 Å². The number of aromatic nitrogens is 2. The molecule has 0 atom stereocenters. The molecule has 0 radical (unpaired) electrons. The van der Waals surface area contributed by atoms with Crippen LogP contribution < -0.4 is 10.6 Å². The summed E-state index contributed by atoms with van der Waals surface area (Å²) in [7, 11) is -3.25. The first-order valence-corrected chi connectivity index (χ1v) is 12.1. The lowest BCUT2D eigenvalue weighted by atomic mass is 10.3. The van der Waals surface area contributed by atoms with Crippen LogP contribution in [-0.2, 0) is 9.84 Å². The highest BCUT2D eigenvalue weighted by atomic mass is 35.5. The van der Waals surface area contributed by atoms with Crippen molar-refractivity contribution < 1.29 is 13.2 Å². The zero-order chi connectivity index (χ0) is 20.6. The number of rotatable bonds is 5. The third-order valence-corrected chi connectivity index (χ3v) is 6.90. The zero-order valence-electron chi connectivity index (χ0n) is 14.8. The van der Waals surface area contributed by atoms with Crippen molar-refractivity contribution in [2.75, 3.05) is 16.9 Å². The van der Waals surface area contributed by atoms with Gasteiger partial charge in [-0.3, -0.25) is 10.1 Å². The molecule has 0 fully saturated rings. The van der Waals surface area contributed by atoms with Crippen LogP contribution in [0.3, 0.4) is 0 Å². The summed E-state index contributed by atoms with van der Waals surface area (Å²) in [5, 5.41) is 9.02. The van der Waals surface area contributed by atoms with Gasteiger partial charge in [-0.2, -0.15) is 0 Å². The van der Waals surface area contributed by atoms with E-state index in [1.165, 1.54) is 34.8 Å². The standard InChI is InChI=1S/C18H13ClN4O3S3/c1-29(25,26)12-5-3-11(4-6-12)20-17-22-14(9-27-17)16(24)23-18-21-13-7-2-10(19)8-15(13)28-18/h2-9H,1H3,(H,20,22)(H,21,23,24). The van der Waals surface area contributed by atoms with Crippen molar-refractivity contribution >= 4 is 76.2 Å². The molecule has 4 rings (SSSR count). The van der Waals surface area contributed by atoms with Crippen LogP contribution in [0.25, 0.3) is 10.2 Å². The number of hydrogen-bond acceptors (Lipinski definition) is 8. The molecule has 0 bridgehead atoms. The Morgan fingerprint density at radius 1 is 1.07 bits per heavy atom. The SMILES string of the molecule is CS(=O)(=O)c1ccc(Nc2nc(C(=O)Nc3nc4ccc(Cl)cc4s3)cs2)cc1. The van der Waals surface area contributed by atoms with Crippen molar-refractivity contribution in [2.45, 2.75) is 4.90 Å². The van der Waals surface area contributed by atoms with Crippen LogP contribution in [0, 0.1) is 0 Å². The average molecular weight is 465 g/mol. The molecule has 7 nitrogen and oxygen atoms in total. The normalized spacial score (nSPS) is 11.5. The van der Waals surface area contributed by atoms with Gasteiger partial charge in [-0.1, -0.05) is 22.9 Å². The van der Waals surface area contributed by atoms with Gasteiger partial charge in [0.2, 0.25) is 0 Å². The number of nitrogens with one attached hydrogen (secondary N) is 2. The van der Waals surface area contributed by atoms with Crippen molar-refractivity contribution in [1.29, 1.82) is 0 Å². The van der Waals surface area contributed by atoms with Crippen LogP contribution in [0.2, 0.25) is 5.02 Å². The monoisotopic (exact) mass is 464 g/mol. The first-order valence-electron chi connectivity index (χ1n) is 8.18. The number of sulfone groups is 1. The Bertz CT molecular complexity index is 1310. The molecule has 0 aliphatic carbocycles. The number of amides is 1. The zero-order valence-corrected chi connectivity index (χ0v) is 18.0. The third-order valence-electron chi connectivity index (χ3n) is 3.84. The van der Waals surface area contributed by atoms with Crippen LogP contribution in [0.4, 0.5) is 16.0 Å².